The van der Waals surface area contributed by atoms with E-state index < -0.39 is 0 Å². The minimum Gasteiger partial charge on any atom is -0.339 e. The Balaban J connectivity index is 1.90. The van der Waals surface area contributed by atoms with Crippen molar-refractivity contribution in [3.63, 3.8) is 0 Å². The first-order chi connectivity index (χ1) is 7.79. The fraction of sp³-hybridized carbons (Fsp3) is 0.833. The minimum atomic E-state index is -0.0638. The molecule has 0 spiro atoms. The van der Waals surface area contributed by atoms with Gasteiger partial charge in [0, 0.05) is 6.42 Å². The van der Waals surface area contributed by atoms with Crippen molar-refractivity contribution in [3.8, 4) is 0 Å². The maximum absolute atomic E-state index is 5.94. The quantitative estimate of drug-likeness (QED) is 0.833. The summed E-state index contributed by atoms with van der Waals surface area (Å²) in [5, 5.41) is 3.97. The summed E-state index contributed by atoms with van der Waals surface area (Å²) >= 11 is 0. The van der Waals surface area contributed by atoms with Crippen LogP contribution in [-0.4, -0.2) is 10.1 Å². The maximum Gasteiger partial charge on any atom is 0.226 e. The molecule has 90 valence electrons. The predicted octanol–water partition coefficient (Wildman–Crippen LogP) is 2.60. The Morgan fingerprint density at radius 3 is 2.88 bits per heavy atom. The number of nitrogens with zero attached hydrogens (tertiary/aromatic N) is 2. The Kier molecular flexibility index (Phi) is 3.93. The van der Waals surface area contributed by atoms with Gasteiger partial charge in [-0.2, -0.15) is 4.98 Å². The van der Waals surface area contributed by atoms with Crippen LogP contribution in [0.15, 0.2) is 4.52 Å². The SMILES string of the molecule is CCCC(N)c1noc(CC2CCCC2)n1. The van der Waals surface area contributed by atoms with Crippen LogP contribution in [0.25, 0.3) is 0 Å². The van der Waals surface area contributed by atoms with Gasteiger partial charge >= 0.3 is 0 Å². The Hall–Kier alpha value is -0.900. The Bertz CT molecular complexity index is 318. The van der Waals surface area contributed by atoms with Crippen molar-refractivity contribution in [2.24, 2.45) is 11.7 Å². The predicted molar refractivity (Wildman–Crippen MR) is 61.8 cm³/mol. The molecule has 1 fully saturated rings. The van der Waals surface area contributed by atoms with E-state index in [2.05, 4.69) is 17.1 Å². The minimum absolute atomic E-state index is 0.0638. The molecule has 0 amide bonds. The molecule has 0 radical (unpaired) electrons. The number of nitrogens with two attached hydrogens (primary N) is 1. The molecule has 1 heterocycles. The van der Waals surface area contributed by atoms with Gasteiger partial charge in [0.1, 0.15) is 0 Å². The van der Waals surface area contributed by atoms with E-state index in [0.717, 1.165) is 31.1 Å². The summed E-state index contributed by atoms with van der Waals surface area (Å²) in [6, 6.07) is -0.0638. The number of hydrogen-bond donors (Lipinski definition) is 1. The Labute approximate surface area is 96.6 Å². The lowest BCUT2D eigenvalue weighted by Crippen LogP contribution is -2.11. The van der Waals surface area contributed by atoms with Crippen molar-refractivity contribution in [1.29, 1.82) is 0 Å². The van der Waals surface area contributed by atoms with Crippen LogP contribution in [-0.2, 0) is 6.42 Å². The van der Waals surface area contributed by atoms with Crippen LogP contribution in [0.5, 0.6) is 0 Å². The fourth-order valence-corrected chi connectivity index (χ4v) is 2.40. The highest BCUT2D eigenvalue weighted by Crippen LogP contribution is 2.27. The molecule has 2 rings (SSSR count). The van der Waals surface area contributed by atoms with Gasteiger partial charge in [-0.05, 0) is 25.2 Å². The summed E-state index contributed by atoms with van der Waals surface area (Å²) in [6.07, 6.45) is 8.21. The van der Waals surface area contributed by atoms with E-state index in [9.17, 15) is 0 Å². The van der Waals surface area contributed by atoms with Crippen LogP contribution < -0.4 is 5.73 Å². The van der Waals surface area contributed by atoms with Crippen molar-refractivity contribution in [2.45, 2.75) is 57.9 Å². The van der Waals surface area contributed by atoms with Crippen LogP contribution >= 0.6 is 0 Å². The zero-order chi connectivity index (χ0) is 11.4. The standard InChI is InChI=1S/C12H21N3O/c1-2-5-10(13)12-14-11(16-15-12)8-9-6-3-4-7-9/h9-10H,2-8,13H2,1H3. The van der Waals surface area contributed by atoms with Gasteiger partial charge in [-0.3, -0.25) is 0 Å². The first-order valence-corrected chi connectivity index (χ1v) is 6.37. The van der Waals surface area contributed by atoms with E-state index in [4.69, 9.17) is 10.3 Å². The molecule has 16 heavy (non-hydrogen) atoms. The van der Waals surface area contributed by atoms with Crippen LogP contribution in [0.2, 0.25) is 0 Å². The molecule has 1 aromatic rings. The lowest BCUT2D eigenvalue weighted by atomic mass is 10.0. The highest BCUT2D eigenvalue weighted by molar-refractivity contribution is 4.94. The second-order valence-electron chi connectivity index (χ2n) is 4.80. The molecule has 1 saturated carbocycles. The second kappa shape index (κ2) is 5.43. The zero-order valence-electron chi connectivity index (χ0n) is 9.98. The van der Waals surface area contributed by atoms with E-state index in [1.807, 2.05) is 0 Å². The summed E-state index contributed by atoms with van der Waals surface area (Å²) in [6.45, 7) is 2.11. The van der Waals surface area contributed by atoms with Crippen LogP contribution in [0.3, 0.4) is 0 Å². The van der Waals surface area contributed by atoms with Crippen molar-refractivity contribution in [1.82, 2.24) is 10.1 Å². The summed E-state index contributed by atoms with van der Waals surface area (Å²) < 4.78 is 5.25. The van der Waals surface area contributed by atoms with Crippen molar-refractivity contribution in [2.75, 3.05) is 0 Å². The topological polar surface area (TPSA) is 64.9 Å². The first-order valence-electron chi connectivity index (χ1n) is 6.37. The molecule has 1 aliphatic carbocycles. The number of hydrogen-bond acceptors (Lipinski definition) is 4. The molecular formula is C12H21N3O. The Morgan fingerprint density at radius 2 is 2.19 bits per heavy atom. The van der Waals surface area contributed by atoms with Gasteiger partial charge in [-0.15, -0.1) is 0 Å². The van der Waals surface area contributed by atoms with Gasteiger partial charge in [0.25, 0.3) is 0 Å². The van der Waals surface area contributed by atoms with Crippen molar-refractivity contribution < 1.29 is 4.52 Å². The molecule has 1 atom stereocenters. The van der Waals surface area contributed by atoms with E-state index >= 15 is 0 Å². The monoisotopic (exact) mass is 223 g/mol. The van der Waals surface area contributed by atoms with Crippen LogP contribution in [0, 0.1) is 5.92 Å². The van der Waals surface area contributed by atoms with Gasteiger partial charge in [-0.1, -0.05) is 31.3 Å². The third kappa shape index (κ3) is 2.82. The maximum atomic E-state index is 5.94. The van der Waals surface area contributed by atoms with Gasteiger partial charge < -0.3 is 10.3 Å². The van der Waals surface area contributed by atoms with Crippen molar-refractivity contribution >= 4 is 0 Å². The molecule has 4 nitrogen and oxygen atoms in total. The Morgan fingerprint density at radius 1 is 1.44 bits per heavy atom. The lowest BCUT2D eigenvalue weighted by molar-refractivity contribution is 0.347. The molecule has 0 aliphatic heterocycles. The third-order valence-electron chi connectivity index (χ3n) is 3.35. The van der Waals surface area contributed by atoms with Crippen molar-refractivity contribution in [3.05, 3.63) is 11.7 Å². The highest BCUT2D eigenvalue weighted by Gasteiger charge is 2.20. The van der Waals surface area contributed by atoms with E-state index in [-0.39, 0.29) is 6.04 Å². The largest absolute Gasteiger partial charge is 0.339 e. The molecule has 1 unspecified atom stereocenters. The second-order valence-corrected chi connectivity index (χ2v) is 4.80. The van der Waals surface area contributed by atoms with Gasteiger partial charge in [0.2, 0.25) is 5.89 Å². The van der Waals surface area contributed by atoms with Gasteiger partial charge in [0.05, 0.1) is 6.04 Å². The van der Waals surface area contributed by atoms with E-state index in [1.54, 1.807) is 0 Å². The molecule has 0 aromatic carbocycles. The molecule has 4 heteroatoms. The highest BCUT2D eigenvalue weighted by atomic mass is 16.5. The fourth-order valence-electron chi connectivity index (χ4n) is 2.40. The van der Waals surface area contributed by atoms with Gasteiger partial charge in [0.15, 0.2) is 5.82 Å². The van der Waals surface area contributed by atoms with Crippen LogP contribution in [0.4, 0.5) is 0 Å². The normalized spacial score (nSPS) is 19.1. The lowest BCUT2D eigenvalue weighted by Gasteiger charge is -2.04. The van der Waals surface area contributed by atoms with E-state index in [1.165, 1.54) is 25.7 Å². The molecule has 0 saturated heterocycles. The third-order valence-corrected chi connectivity index (χ3v) is 3.35. The zero-order valence-corrected chi connectivity index (χ0v) is 9.98. The molecular weight excluding hydrogens is 202 g/mol. The van der Waals surface area contributed by atoms with Gasteiger partial charge in [-0.25, -0.2) is 0 Å². The smallest absolute Gasteiger partial charge is 0.226 e. The molecule has 1 aliphatic rings. The van der Waals surface area contributed by atoms with E-state index in [0.29, 0.717) is 5.82 Å². The summed E-state index contributed by atoms with van der Waals surface area (Å²) in [4.78, 5) is 4.39. The van der Waals surface area contributed by atoms with Crippen LogP contribution in [0.1, 0.15) is 63.2 Å². The molecule has 0 bridgehead atoms. The summed E-state index contributed by atoms with van der Waals surface area (Å²) in [7, 11) is 0. The number of aromatic nitrogens is 2. The average molecular weight is 223 g/mol. The molecule has 2 N–H and O–H groups in total. The number of rotatable bonds is 5. The first kappa shape index (κ1) is 11.6. The average Bonchev–Trinajstić information content (AvgIpc) is 2.90. The molecule has 1 aromatic heterocycles. The summed E-state index contributed by atoms with van der Waals surface area (Å²) in [5.74, 6) is 2.19. The summed E-state index contributed by atoms with van der Waals surface area (Å²) in [5.41, 5.74) is 5.94.